The quantitative estimate of drug-likeness (QED) is 0.222. The highest BCUT2D eigenvalue weighted by atomic mass is 16.7. The van der Waals surface area contributed by atoms with Gasteiger partial charge >= 0.3 is 7.12 Å². The van der Waals surface area contributed by atoms with Crippen LogP contribution < -0.4 is 5.46 Å². The molecule has 5 aromatic carbocycles. The summed E-state index contributed by atoms with van der Waals surface area (Å²) in [6.45, 7) is 8.35. The molecule has 0 bridgehead atoms. The molecule has 4 nitrogen and oxygen atoms in total. The van der Waals surface area contributed by atoms with Crippen LogP contribution in [0.4, 0.5) is 0 Å². The highest BCUT2D eigenvalue weighted by Gasteiger charge is 2.51. The molecule has 1 fully saturated rings. The summed E-state index contributed by atoms with van der Waals surface area (Å²) in [6, 6.07) is 40.4. The Bertz CT molecular complexity index is 1870. The fraction of sp³-hybridized carbons (Fsp3) is 0.171. The van der Waals surface area contributed by atoms with Crippen molar-refractivity contribution in [2.45, 2.75) is 38.9 Å². The van der Waals surface area contributed by atoms with Crippen molar-refractivity contribution in [3.8, 4) is 28.2 Å². The van der Waals surface area contributed by atoms with Crippen molar-refractivity contribution < 1.29 is 9.31 Å². The van der Waals surface area contributed by atoms with E-state index in [2.05, 4.69) is 141 Å². The van der Waals surface area contributed by atoms with E-state index in [-0.39, 0.29) is 11.2 Å². The number of benzene rings is 5. The van der Waals surface area contributed by atoms with Crippen LogP contribution in [0.25, 0.3) is 50.0 Å². The van der Waals surface area contributed by atoms with Gasteiger partial charge in [-0.1, -0.05) is 91.0 Å². The zero-order valence-corrected chi connectivity index (χ0v) is 23.3. The van der Waals surface area contributed by atoms with E-state index in [0.717, 1.165) is 44.7 Å². The van der Waals surface area contributed by atoms with E-state index in [1.165, 1.54) is 10.8 Å². The minimum absolute atomic E-state index is 0.381. The van der Waals surface area contributed by atoms with E-state index in [4.69, 9.17) is 14.3 Å². The second kappa shape index (κ2) is 9.19. The van der Waals surface area contributed by atoms with E-state index in [9.17, 15) is 0 Å². The predicted octanol–water partition coefficient (Wildman–Crippen LogP) is 7.81. The first-order chi connectivity index (χ1) is 19.3. The molecule has 1 aromatic heterocycles. The summed E-state index contributed by atoms with van der Waals surface area (Å²) < 4.78 is 15.0. The Kier molecular flexibility index (Phi) is 5.70. The molecule has 0 aliphatic carbocycles. The third-order valence-corrected chi connectivity index (χ3v) is 8.44. The Hall–Kier alpha value is -4.19. The van der Waals surface area contributed by atoms with Gasteiger partial charge in [0.05, 0.1) is 22.2 Å². The third-order valence-electron chi connectivity index (χ3n) is 8.44. The number of fused-ring (bicyclic) bond motifs is 2. The average molecular weight is 522 g/mol. The Labute approximate surface area is 235 Å². The van der Waals surface area contributed by atoms with Crippen molar-refractivity contribution >= 4 is 34.4 Å². The summed E-state index contributed by atoms with van der Waals surface area (Å²) in [7, 11) is -0.399. The van der Waals surface area contributed by atoms with Crippen molar-refractivity contribution in [1.29, 1.82) is 0 Å². The average Bonchev–Trinajstić information content (AvgIpc) is 3.46. The molecule has 5 heteroatoms. The van der Waals surface area contributed by atoms with Gasteiger partial charge in [0.1, 0.15) is 5.82 Å². The van der Waals surface area contributed by atoms with Crippen molar-refractivity contribution in [2.24, 2.45) is 0 Å². The van der Waals surface area contributed by atoms with Crippen molar-refractivity contribution in [1.82, 2.24) is 9.55 Å². The zero-order chi connectivity index (χ0) is 27.5. The van der Waals surface area contributed by atoms with Gasteiger partial charge < -0.3 is 9.31 Å². The lowest BCUT2D eigenvalue weighted by atomic mass is 9.78. The number of hydrogen-bond donors (Lipinski definition) is 0. The predicted molar refractivity (Wildman–Crippen MR) is 165 cm³/mol. The molecule has 6 aromatic rings. The number of hydrogen-bond acceptors (Lipinski definition) is 3. The third kappa shape index (κ3) is 4.05. The second-order valence-corrected chi connectivity index (χ2v) is 11.6. The number of rotatable bonds is 4. The van der Waals surface area contributed by atoms with Gasteiger partial charge in [-0.2, -0.15) is 0 Å². The molecule has 0 N–H and O–H groups in total. The Morgan fingerprint density at radius 1 is 0.650 bits per heavy atom. The topological polar surface area (TPSA) is 36.3 Å². The van der Waals surface area contributed by atoms with Crippen LogP contribution in [0.5, 0.6) is 0 Å². The second-order valence-electron chi connectivity index (χ2n) is 11.6. The van der Waals surface area contributed by atoms with Crippen LogP contribution in [0.1, 0.15) is 27.7 Å². The van der Waals surface area contributed by atoms with Crippen LogP contribution in [0, 0.1) is 0 Å². The number of aromatic nitrogens is 2. The van der Waals surface area contributed by atoms with Gasteiger partial charge in [0.2, 0.25) is 0 Å². The molecular weight excluding hydrogens is 491 g/mol. The first-order valence-electron chi connectivity index (χ1n) is 13.8. The van der Waals surface area contributed by atoms with Gasteiger partial charge in [0.15, 0.2) is 0 Å². The zero-order valence-electron chi connectivity index (χ0n) is 23.3. The van der Waals surface area contributed by atoms with Gasteiger partial charge in [0.25, 0.3) is 0 Å². The van der Waals surface area contributed by atoms with Crippen molar-refractivity contribution in [3.05, 3.63) is 115 Å². The molecular formula is C35H31BN2O2. The minimum atomic E-state index is -0.399. The molecule has 1 aliphatic rings. The van der Waals surface area contributed by atoms with Crippen LogP contribution in [0.3, 0.4) is 0 Å². The molecule has 40 heavy (non-hydrogen) atoms. The van der Waals surface area contributed by atoms with E-state index < -0.39 is 7.12 Å². The SMILES string of the molecule is CC1(C)OB(c2cccc(-c3cccc(-n4c(-c5cccc6ccccc56)nc5ccccc54)c3)c2)OC1(C)C. The van der Waals surface area contributed by atoms with E-state index >= 15 is 0 Å². The van der Waals surface area contributed by atoms with Gasteiger partial charge in [-0.15, -0.1) is 0 Å². The van der Waals surface area contributed by atoms with Gasteiger partial charge in [-0.05, 0) is 79.3 Å². The van der Waals surface area contributed by atoms with Crippen molar-refractivity contribution in [3.63, 3.8) is 0 Å². The molecule has 0 atom stereocenters. The number of nitrogens with zero attached hydrogens (tertiary/aromatic N) is 2. The molecule has 1 aliphatic heterocycles. The summed E-state index contributed by atoms with van der Waals surface area (Å²) in [6.07, 6.45) is 0. The fourth-order valence-electron chi connectivity index (χ4n) is 5.56. The molecule has 0 spiro atoms. The Morgan fingerprint density at radius 3 is 2.12 bits per heavy atom. The maximum atomic E-state index is 6.34. The summed E-state index contributed by atoms with van der Waals surface area (Å²) >= 11 is 0. The monoisotopic (exact) mass is 522 g/mol. The first kappa shape index (κ1) is 24.8. The van der Waals surface area contributed by atoms with Crippen LogP contribution in [-0.2, 0) is 9.31 Å². The highest BCUT2D eigenvalue weighted by Crippen LogP contribution is 2.37. The smallest absolute Gasteiger partial charge is 0.399 e. The van der Waals surface area contributed by atoms with Crippen LogP contribution in [0.2, 0.25) is 0 Å². The molecule has 0 amide bonds. The minimum Gasteiger partial charge on any atom is -0.399 e. The van der Waals surface area contributed by atoms with Crippen LogP contribution in [0.15, 0.2) is 115 Å². The fourth-order valence-corrected chi connectivity index (χ4v) is 5.56. The van der Waals surface area contributed by atoms with E-state index in [1.54, 1.807) is 0 Å². The number of para-hydroxylation sites is 2. The normalized spacial score (nSPS) is 16.1. The van der Waals surface area contributed by atoms with E-state index in [1.807, 2.05) is 6.07 Å². The molecule has 7 rings (SSSR count). The molecule has 196 valence electrons. The molecule has 0 radical (unpaired) electrons. The van der Waals surface area contributed by atoms with E-state index in [0.29, 0.717) is 0 Å². The number of imidazole rings is 1. The summed E-state index contributed by atoms with van der Waals surface area (Å²) in [5.74, 6) is 0.932. The van der Waals surface area contributed by atoms with Crippen LogP contribution in [-0.4, -0.2) is 27.9 Å². The lowest BCUT2D eigenvalue weighted by Gasteiger charge is -2.32. The summed E-state index contributed by atoms with van der Waals surface area (Å²) in [4.78, 5) is 5.14. The van der Waals surface area contributed by atoms with Crippen LogP contribution >= 0.6 is 0 Å². The Morgan fingerprint density at radius 2 is 1.30 bits per heavy atom. The maximum absolute atomic E-state index is 6.34. The summed E-state index contributed by atoms with van der Waals surface area (Å²) in [5.41, 5.74) is 6.72. The maximum Gasteiger partial charge on any atom is 0.494 e. The van der Waals surface area contributed by atoms with Crippen molar-refractivity contribution in [2.75, 3.05) is 0 Å². The first-order valence-corrected chi connectivity index (χ1v) is 13.8. The molecule has 1 saturated heterocycles. The highest BCUT2D eigenvalue weighted by molar-refractivity contribution is 6.62. The standard InChI is InChI=1S/C35H31BN2O2/c1-34(2)35(3,4)40-36(39-34)27-16-9-14-25(22-27)26-15-10-17-28(23-26)38-32-21-8-7-20-31(32)37-33(38)30-19-11-13-24-12-5-6-18-29(24)30/h5-23H,1-4H3. The molecule has 0 unspecified atom stereocenters. The Balaban J connectivity index is 1.35. The van der Waals surface area contributed by atoms with Gasteiger partial charge in [0, 0.05) is 11.3 Å². The summed E-state index contributed by atoms with van der Waals surface area (Å²) in [5, 5.41) is 2.39. The molecule has 2 heterocycles. The van der Waals surface area contributed by atoms with Gasteiger partial charge in [-0.3, -0.25) is 4.57 Å². The lowest BCUT2D eigenvalue weighted by molar-refractivity contribution is 0.00578. The lowest BCUT2D eigenvalue weighted by Crippen LogP contribution is -2.41. The molecule has 0 saturated carbocycles. The van der Waals surface area contributed by atoms with Gasteiger partial charge in [-0.25, -0.2) is 4.98 Å². The largest absolute Gasteiger partial charge is 0.494 e.